The zero-order valence-electron chi connectivity index (χ0n) is 6.51. The molecule has 0 radical (unpaired) electrons. The molecule has 0 heterocycles. The Labute approximate surface area is 105 Å². The third-order valence-corrected chi connectivity index (χ3v) is 1.09. The Hall–Kier alpha value is 0.00338. The van der Waals surface area contributed by atoms with Gasteiger partial charge in [0.2, 0.25) is 0 Å². The second-order valence-electron chi connectivity index (χ2n) is 1.38. The van der Waals surface area contributed by atoms with E-state index in [1.807, 2.05) is 0 Å². The van der Waals surface area contributed by atoms with Gasteiger partial charge in [-0.1, -0.05) is 13.2 Å². The number of hydrogen-bond donors (Lipinski definition) is 0. The molecule has 7 heteroatoms. The second-order valence-corrected chi connectivity index (χ2v) is 3.30. The molecule has 0 aromatic rings. The first-order valence-corrected chi connectivity index (χ1v) is 3.99. The zero-order chi connectivity index (χ0) is 10.3. The summed E-state index contributed by atoms with van der Waals surface area (Å²) in [4.78, 5) is 18.9. The molecule has 0 N–H and O–H groups in total. The summed E-state index contributed by atoms with van der Waals surface area (Å²) in [6, 6.07) is 0. The third-order valence-electron chi connectivity index (χ3n) is 0.443. The molecule has 0 fully saturated rings. The molecule has 0 spiro atoms. The van der Waals surface area contributed by atoms with Gasteiger partial charge in [0.1, 0.15) is 0 Å². The van der Waals surface area contributed by atoms with Crippen LogP contribution in [-0.4, -0.2) is 11.9 Å². The summed E-state index contributed by atoms with van der Waals surface area (Å²) in [6.07, 6.45) is 0. The van der Waals surface area contributed by atoms with E-state index in [9.17, 15) is 19.8 Å². The number of aliphatic carboxylic acids is 2. The number of rotatable bonds is 2. The first-order valence-electron chi connectivity index (χ1n) is 2.40. The molecular formula is C6H4Br2O4Zn. The fraction of sp³-hybridized carbons (Fsp3) is 0. The van der Waals surface area contributed by atoms with Crippen LogP contribution in [0.4, 0.5) is 0 Å². The minimum absolute atomic E-state index is 0. The number of hydrogen-bond acceptors (Lipinski definition) is 4. The van der Waals surface area contributed by atoms with Crippen LogP contribution in [0, 0.1) is 0 Å². The van der Waals surface area contributed by atoms with E-state index >= 15 is 0 Å². The van der Waals surface area contributed by atoms with Crippen molar-refractivity contribution in [2.75, 3.05) is 0 Å². The van der Waals surface area contributed by atoms with Gasteiger partial charge in [-0.25, -0.2) is 0 Å². The van der Waals surface area contributed by atoms with Crippen LogP contribution in [0.3, 0.4) is 0 Å². The molecule has 0 rings (SSSR count). The normalized spacial score (nSPS) is 6.92. The Morgan fingerprint density at radius 1 is 0.923 bits per heavy atom. The summed E-state index contributed by atoms with van der Waals surface area (Å²) < 4.78 is -0.245. The van der Waals surface area contributed by atoms with Gasteiger partial charge in [-0.05, 0) is 31.9 Å². The Bertz CT molecular complexity index is 179. The topological polar surface area (TPSA) is 80.3 Å². The van der Waals surface area contributed by atoms with Crippen molar-refractivity contribution < 1.29 is 39.3 Å². The van der Waals surface area contributed by atoms with Gasteiger partial charge in [0.05, 0.1) is 11.9 Å². The van der Waals surface area contributed by atoms with Crippen molar-refractivity contribution in [1.82, 2.24) is 0 Å². The van der Waals surface area contributed by atoms with E-state index in [-0.39, 0.29) is 28.4 Å². The maximum absolute atomic E-state index is 9.44. The Morgan fingerprint density at radius 2 is 1.00 bits per heavy atom. The van der Waals surface area contributed by atoms with E-state index in [1.165, 1.54) is 0 Å². The summed E-state index contributed by atoms with van der Waals surface area (Å²) in [5.41, 5.74) is 0. The van der Waals surface area contributed by atoms with Gasteiger partial charge in [-0.3, -0.25) is 0 Å². The van der Waals surface area contributed by atoms with Crippen LogP contribution in [0.15, 0.2) is 22.1 Å². The van der Waals surface area contributed by atoms with Crippen molar-refractivity contribution in [2.24, 2.45) is 0 Å². The summed E-state index contributed by atoms with van der Waals surface area (Å²) >= 11 is 5.16. The number of carbonyl (C=O) groups excluding carboxylic acids is 2. The molecule has 0 saturated carbocycles. The Balaban J connectivity index is -0.000000143. The molecule has 13 heavy (non-hydrogen) atoms. The zero-order valence-corrected chi connectivity index (χ0v) is 12.6. The van der Waals surface area contributed by atoms with Crippen LogP contribution < -0.4 is 10.2 Å². The average Bonchev–Trinajstić information content (AvgIpc) is 1.88. The van der Waals surface area contributed by atoms with Crippen LogP contribution in [-0.2, 0) is 29.1 Å². The van der Waals surface area contributed by atoms with E-state index < -0.39 is 11.9 Å². The quantitative estimate of drug-likeness (QED) is 0.478. The molecule has 68 valence electrons. The third kappa shape index (κ3) is 18.8. The van der Waals surface area contributed by atoms with Crippen LogP contribution in [0.25, 0.3) is 0 Å². The first kappa shape index (κ1) is 18.7. The largest absolute Gasteiger partial charge is 2.00 e. The van der Waals surface area contributed by atoms with Gasteiger partial charge in [-0.15, -0.1) is 0 Å². The summed E-state index contributed by atoms with van der Waals surface area (Å²) in [5.74, 6) is -2.54. The fourth-order valence-electron chi connectivity index (χ4n) is 0. The standard InChI is InChI=1S/2C3H3BrO2.Zn/c2*1-2(4)3(5)6;/h2*1H2,(H,5,6);/q;;+2/p-2. The molecule has 0 aliphatic heterocycles. The van der Waals surface area contributed by atoms with Crippen molar-refractivity contribution in [3.63, 3.8) is 0 Å². The average molecular weight is 365 g/mol. The van der Waals surface area contributed by atoms with Crippen LogP contribution in [0.5, 0.6) is 0 Å². The maximum Gasteiger partial charge on any atom is 2.00 e. The predicted octanol–water partition coefficient (Wildman–Crippen LogP) is -0.713. The van der Waals surface area contributed by atoms with E-state index in [0.29, 0.717) is 0 Å². The molecule has 0 bridgehead atoms. The van der Waals surface area contributed by atoms with E-state index in [4.69, 9.17) is 0 Å². The van der Waals surface area contributed by atoms with Gasteiger partial charge in [0.15, 0.2) is 0 Å². The predicted molar refractivity (Wildman–Crippen MR) is 46.1 cm³/mol. The minimum atomic E-state index is -1.27. The van der Waals surface area contributed by atoms with E-state index in [2.05, 4.69) is 45.0 Å². The second kappa shape index (κ2) is 10.1. The maximum atomic E-state index is 9.44. The summed E-state index contributed by atoms with van der Waals surface area (Å²) in [7, 11) is 0. The molecule has 0 aliphatic rings. The molecule has 0 amide bonds. The van der Waals surface area contributed by atoms with Gasteiger partial charge >= 0.3 is 19.5 Å². The molecule has 0 unspecified atom stereocenters. The van der Waals surface area contributed by atoms with E-state index in [0.717, 1.165) is 0 Å². The number of carbonyl (C=O) groups is 2. The monoisotopic (exact) mass is 362 g/mol. The summed E-state index contributed by atoms with van der Waals surface area (Å²) in [5, 5.41) is 18.9. The van der Waals surface area contributed by atoms with Crippen molar-refractivity contribution in [2.45, 2.75) is 0 Å². The molecular weight excluding hydrogens is 361 g/mol. The Kier molecular flexibility index (Phi) is 14.5. The van der Waals surface area contributed by atoms with Crippen molar-refractivity contribution in [3.05, 3.63) is 22.1 Å². The molecule has 0 aromatic heterocycles. The summed E-state index contributed by atoms with van der Waals surface area (Å²) in [6.45, 7) is 6.02. The van der Waals surface area contributed by atoms with Crippen LogP contribution in [0.1, 0.15) is 0 Å². The van der Waals surface area contributed by atoms with Gasteiger partial charge < -0.3 is 19.8 Å². The van der Waals surface area contributed by atoms with Gasteiger partial charge in [-0.2, -0.15) is 0 Å². The number of carboxylic acids is 2. The Morgan fingerprint density at radius 3 is 1.00 bits per heavy atom. The van der Waals surface area contributed by atoms with E-state index in [1.54, 1.807) is 0 Å². The molecule has 4 nitrogen and oxygen atoms in total. The van der Waals surface area contributed by atoms with Gasteiger partial charge in [0, 0.05) is 8.96 Å². The molecule has 0 aromatic carbocycles. The van der Waals surface area contributed by atoms with Crippen LogP contribution in [0.2, 0.25) is 0 Å². The van der Waals surface area contributed by atoms with Crippen molar-refractivity contribution in [3.8, 4) is 0 Å². The van der Waals surface area contributed by atoms with Crippen LogP contribution >= 0.6 is 31.9 Å². The molecule has 0 saturated heterocycles. The van der Waals surface area contributed by atoms with Crippen molar-refractivity contribution >= 4 is 43.8 Å². The smallest absolute Gasteiger partial charge is 0.544 e. The fourth-order valence-corrected chi connectivity index (χ4v) is 0. The molecule has 0 aliphatic carbocycles. The minimum Gasteiger partial charge on any atom is -0.544 e. The number of carboxylic acid groups (broad SMARTS) is 2. The number of halogens is 2. The first-order chi connectivity index (χ1) is 5.29. The SMILES string of the molecule is C=C(Br)C(=O)[O-].C=C(Br)C(=O)[O-].[Zn+2]. The van der Waals surface area contributed by atoms with Gasteiger partial charge in [0.25, 0.3) is 0 Å². The van der Waals surface area contributed by atoms with Crippen molar-refractivity contribution in [1.29, 1.82) is 0 Å². The molecule has 0 atom stereocenters.